The molecule has 2 unspecified atom stereocenters. The maximum absolute atomic E-state index is 12.7. The van der Waals surface area contributed by atoms with Gasteiger partial charge in [-0.15, -0.1) is 0 Å². The van der Waals surface area contributed by atoms with Crippen molar-refractivity contribution in [2.24, 2.45) is 17.8 Å². The molecule has 1 N–H and O–H groups in total. The van der Waals surface area contributed by atoms with Crippen LogP contribution in [0.15, 0.2) is 18.2 Å². The number of nitrogens with zero attached hydrogens (tertiary/aromatic N) is 3. The average molecular weight is 408 g/mol. The Balaban J connectivity index is 2.12. The van der Waals surface area contributed by atoms with Gasteiger partial charge >= 0.3 is 11.9 Å². The van der Waals surface area contributed by atoms with Crippen LogP contribution in [0.25, 0.3) is 0 Å². The number of carbonyl (C=O) groups is 2. The molecule has 2 heterocycles. The summed E-state index contributed by atoms with van der Waals surface area (Å²) in [5.41, 5.74) is -0.237. The highest BCUT2D eigenvalue weighted by Gasteiger charge is 2.51. The zero-order chi connectivity index (χ0) is 22.1. The highest BCUT2D eigenvalue weighted by Crippen LogP contribution is 2.43. The van der Waals surface area contributed by atoms with Gasteiger partial charge in [0.2, 0.25) is 6.79 Å². The van der Waals surface area contributed by atoms with Gasteiger partial charge in [0.05, 0.1) is 29.8 Å². The summed E-state index contributed by atoms with van der Waals surface area (Å²) in [6, 6.07) is 9.68. The molecular weight excluding hydrogens is 392 g/mol. The summed E-state index contributed by atoms with van der Waals surface area (Å²) in [4.78, 5) is 25.5. The molecule has 0 saturated carbocycles. The zero-order valence-corrected chi connectivity index (χ0v) is 16.0. The minimum atomic E-state index is -1.58. The van der Waals surface area contributed by atoms with E-state index in [0.717, 1.165) is 0 Å². The number of fused-ring (bicyclic) bond motifs is 1. The van der Waals surface area contributed by atoms with E-state index in [1.807, 2.05) is 6.07 Å². The summed E-state index contributed by atoms with van der Waals surface area (Å²) >= 11 is 0. The number of cyclic esters (lactones) is 2. The van der Waals surface area contributed by atoms with Crippen LogP contribution in [-0.2, 0) is 19.1 Å². The molecule has 3 rings (SSSR count). The standard InChI is InChI=1S/C20H16N4O6/c1-20(2)29-18(25)16(19(26)30-20)15(12(8-23)17(24)11(6-21)7-22)10-3-4-13-14(5-10)28-9-27-13/h3-5,11-12,15-16,24H,9H2,1-2H3. The molecule has 0 spiro atoms. The Kier molecular flexibility index (Phi) is 5.31. The third-order valence-corrected chi connectivity index (χ3v) is 4.74. The van der Waals surface area contributed by atoms with Crippen LogP contribution < -0.4 is 9.47 Å². The monoisotopic (exact) mass is 408 g/mol. The lowest BCUT2D eigenvalue weighted by molar-refractivity contribution is -0.241. The predicted octanol–water partition coefficient (Wildman–Crippen LogP) is 1.77. The van der Waals surface area contributed by atoms with E-state index in [0.29, 0.717) is 17.1 Å². The molecule has 1 aromatic rings. The van der Waals surface area contributed by atoms with Gasteiger partial charge in [0.1, 0.15) is 0 Å². The smallest absolute Gasteiger partial charge is 0.324 e. The molecule has 0 aromatic heterocycles. The summed E-state index contributed by atoms with van der Waals surface area (Å²) in [5, 5.41) is 36.4. The Morgan fingerprint density at radius 3 is 2.23 bits per heavy atom. The summed E-state index contributed by atoms with van der Waals surface area (Å²) in [6.45, 7) is 2.76. The molecule has 0 bridgehead atoms. The molecule has 2 aliphatic heterocycles. The minimum absolute atomic E-state index is 0.0202. The maximum atomic E-state index is 12.7. The van der Waals surface area contributed by atoms with Crippen molar-refractivity contribution in [3.05, 3.63) is 23.8 Å². The number of carbonyl (C=O) groups excluding carboxylic acids is 2. The Hall–Kier alpha value is -4.10. The van der Waals surface area contributed by atoms with E-state index in [-0.39, 0.29) is 6.79 Å². The van der Waals surface area contributed by atoms with Crippen LogP contribution in [-0.4, -0.2) is 30.2 Å². The van der Waals surface area contributed by atoms with Crippen molar-refractivity contribution in [1.82, 2.24) is 0 Å². The fraction of sp³-hybridized carbons (Fsp3) is 0.400. The Morgan fingerprint density at radius 2 is 1.67 bits per heavy atom. The highest BCUT2D eigenvalue weighted by molar-refractivity contribution is 6.00. The molecule has 30 heavy (non-hydrogen) atoms. The van der Waals surface area contributed by atoms with Gasteiger partial charge in [0, 0.05) is 19.8 Å². The Labute approximate surface area is 171 Å². The summed E-state index contributed by atoms with van der Waals surface area (Å²) in [6.07, 6.45) is 0. The minimum Gasteiger partial charge on any atom is -0.454 e. The number of hydrogen-bond acceptors (Lipinski definition) is 10. The number of esters is 2. The Morgan fingerprint density at radius 1 is 1.07 bits per heavy atom. The second-order valence-electron chi connectivity index (χ2n) is 7.11. The first-order valence-electron chi connectivity index (χ1n) is 8.85. The van der Waals surface area contributed by atoms with E-state index in [9.17, 15) is 14.9 Å². The number of rotatable bonds is 5. The molecule has 1 saturated heterocycles. The van der Waals surface area contributed by atoms with Gasteiger partial charge in [-0.1, -0.05) is 6.07 Å². The van der Waals surface area contributed by atoms with Crippen LogP contribution in [0.1, 0.15) is 25.3 Å². The summed E-state index contributed by atoms with van der Waals surface area (Å²) in [7, 11) is 0. The van der Waals surface area contributed by atoms with E-state index in [4.69, 9.17) is 34.9 Å². The molecule has 2 atom stereocenters. The summed E-state index contributed by atoms with van der Waals surface area (Å²) < 4.78 is 21.0. The van der Waals surface area contributed by atoms with E-state index < -0.39 is 47.1 Å². The van der Waals surface area contributed by atoms with E-state index >= 15 is 0 Å². The van der Waals surface area contributed by atoms with Crippen LogP contribution in [0, 0.1) is 57.2 Å². The lowest BCUT2D eigenvalue weighted by Gasteiger charge is -2.37. The molecule has 1 aromatic carbocycles. The Bertz CT molecular complexity index is 1010. The van der Waals surface area contributed by atoms with Gasteiger partial charge in [0.15, 0.2) is 23.3 Å². The molecule has 1 fully saturated rings. The number of nitriles is 3. The van der Waals surface area contributed by atoms with Crippen molar-refractivity contribution < 1.29 is 28.5 Å². The first-order chi connectivity index (χ1) is 14.2. The molecule has 2 aliphatic rings. The fourth-order valence-corrected chi connectivity index (χ4v) is 3.41. The second-order valence-corrected chi connectivity index (χ2v) is 7.11. The third-order valence-electron chi connectivity index (χ3n) is 4.74. The van der Waals surface area contributed by atoms with Gasteiger partial charge in [0.25, 0.3) is 5.79 Å². The first kappa shape index (κ1) is 20.6. The van der Waals surface area contributed by atoms with Gasteiger partial charge in [-0.3, -0.25) is 9.59 Å². The maximum Gasteiger partial charge on any atom is 0.324 e. The largest absolute Gasteiger partial charge is 0.454 e. The molecule has 0 aliphatic carbocycles. The van der Waals surface area contributed by atoms with Gasteiger partial charge in [-0.05, 0) is 17.7 Å². The molecule has 0 amide bonds. The number of hydrogen-bond donors (Lipinski definition) is 1. The quantitative estimate of drug-likeness (QED) is 0.434. The predicted molar refractivity (Wildman–Crippen MR) is 96.6 cm³/mol. The lowest BCUT2D eigenvalue weighted by atomic mass is 9.73. The molecular formula is C20H16N4O6. The van der Waals surface area contributed by atoms with Gasteiger partial charge in [-0.25, -0.2) is 0 Å². The fourth-order valence-electron chi connectivity index (χ4n) is 3.41. The van der Waals surface area contributed by atoms with Crippen LogP contribution >= 0.6 is 0 Å². The molecule has 10 heteroatoms. The molecule has 10 nitrogen and oxygen atoms in total. The normalized spacial score (nSPS) is 18.9. The number of ether oxygens (including phenoxy) is 4. The van der Waals surface area contributed by atoms with E-state index in [2.05, 4.69) is 0 Å². The van der Waals surface area contributed by atoms with Gasteiger partial charge < -0.3 is 24.4 Å². The average Bonchev–Trinajstić information content (AvgIpc) is 3.14. The molecule has 0 radical (unpaired) electrons. The second kappa shape index (κ2) is 7.73. The van der Waals surface area contributed by atoms with Crippen LogP contribution in [0.3, 0.4) is 0 Å². The zero-order valence-electron chi connectivity index (χ0n) is 16.0. The summed E-state index contributed by atoms with van der Waals surface area (Å²) in [5.74, 6) is -8.41. The van der Waals surface area contributed by atoms with Crippen molar-refractivity contribution in [1.29, 1.82) is 21.2 Å². The third kappa shape index (κ3) is 3.61. The van der Waals surface area contributed by atoms with Crippen molar-refractivity contribution in [2.45, 2.75) is 25.6 Å². The van der Waals surface area contributed by atoms with Gasteiger partial charge in [-0.2, -0.15) is 15.8 Å². The van der Waals surface area contributed by atoms with Crippen molar-refractivity contribution >= 4 is 17.7 Å². The van der Waals surface area contributed by atoms with Crippen molar-refractivity contribution in [3.63, 3.8) is 0 Å². The number of benzene rings is 1. The van der Waals surface area contributed by atoms with Crippen molar-refractivity contribution in [3.8, 4) is 29.7 Å². The topological polar surface area (TPSA) is 166 Å². The van der Waals surface area contributed by atoms with Crippen molar-refractivity contribution in [2.75, 3.05) is 6.79 Å². The lowest BCUT2D eigenvalue weighted by Crippen LogP contribution is -2.50. The SMILES string of the molecule is CC1(C)OC(=O)C(C(c2ccc3c(c2)OCO3)C(C#N)C(=N)C(C#N)C#N)C(=O)O1. The van der Waals surface area contributed by atoms with Crippen LogP contribution in [0.5, 0.6) is 11.5 Å². The van der Waals surface area contributed by atoms with Crippen LogP contribution in [0.4, 0.5) is 0 Å². The molecule has 152 valence electrons. The van der Waals surface area contributed by atoms with E-state index in [1.54, 1.807) is 12.1 Å². The highest BCUT2D eigenvalue weighted by atomic mass is 16.7. The van der Waals surface area contributed by atoms with Crippen LogP contribution in [0.2, 0.25) is 0 Å². The first-order valence-corrected chi connectivity index (χ1v) is 8.85. The number of nitrogens with one attached hydrogen (secondary N) is 1. The van der Waals surface area contributed by atoms with E-state index in [1.165, 1.54) is 32.0 Å².